The number of aryl methyl sites for hydroxylation is 1. The van der Waals surface area contributed by atoms with Gasteiger partial charge < -0.3 is 9.55 Å². The summed E-state index contributed by atoms with van der Waals surface area (Å²) in [5, 5.41) is 1.25. The van der Waals surface area contributed by atoms with E-state index in [1.807, 2.05) is 0 Å². The average molecular weight is 326 g/mol. The SMILES string of the molecule is Cn1c(CN2CCc3[nH]c(=S)[nH]c(=O)c3C2)cc2ccccc21. The van der Waals surface area contributed by atoms with Gasteiger partial charge in [0.25, 0.3) is 5.56 Å². The minimum absolute atomic E-state index is 0.0644. The molecule has 118 valence electrons. The van der Waals surface area contributed by atoms with Crippen LogP contribution in [0.1, 0.15) is 17.0 Å². The highest BCUT2D eigenvalue weighted by Crippen LogP contribution is 2.21. The third-order valence-corrected chi connectivity index (χ3v) is 4.83. The lowest BCUT2D eigenvalue weighted by atomic mass is 10.1. The number of hydrogen-bond acceptors (Lipinski definition) is 3. The van der Waals surface area contributed by atoms with Crippen LogP contribution in [0.4, 0.5) is 0 Å². The molecular formula is C17H18N4OS. The smallest absolute Gasteiger partial charge is 0.256 e. The zero-order valence-corrected chi connectivity index (χ0v) is 13.7. The van der Waals surface area contributed by atoms with Crippen LogP contribution in [0.25, 0.3) is 10.9 Å². The van der Waals surface area contributed by atoms with Gasteiger partial charge in [-0.15, -0.1) is 0 Å². The van der Waals surface area contributed by atoms with Crippen molar-refractivity contribution in [3.8, 4) is 0 Å². The lowest BCUT2D eigenvalue weighted by Crippen LogP contribution is -2.35. The second-order valence-corrected chi connectivity index (χ2v) is 6.49. The first-order valence-corrected chi connectivity index (χ1v) is 8.12. The maximum atomic E-state index is 12.1. The number of hydrogen-bond donors (Lipinski definition) is 2. The summed E-state index contributed by atoms with van der Waals surface area (Å²) in [7, 11) is 2.10. The summed E-state index contributed by atoms with van der Waals surface area (Å²) in [5.41, 5.74) is 4.22. The van der Waals surface area contributed by atoms with Crippen LogP contribution in [0.5, 0.6) is 0 Å². The highest BCUT2D eigenvalue weighted by atomic mass is 32.1. The van der Waals surface area contributed by atoms with E-state index in [0.717, 1.165) is 30.8 Å². The van der Waals surface area contributed by atoms with Gasteiger partial charge in [-0.3, -0.25) is 14.7 Å². The van der Waals surface area contributed by atoms with Gasteiger partial charge >= 0.3 is 0 Å². The summed E-state index contributed by atoms with van der Waals surface area (Å²) < 4.78 is 2.64. The Bertz CT molecular complexity index is 998. The second kappa shape index (κ2) is 5.47. The first-order valence-electron chi connectivity index (χ1n) is 7.72. The lowest BCUT2D eigenvalue weighted by molar-refractivity contribution is 0.237. The molecule has 0 amide bonds. The summed E-state index contributed by atoms with van der Waals surface area (Å²) in [6, 6.07) is 10.6. The fourth-order valence-electron chi connectivity index (χ4n) is 3.37. The van der Waals surface area contributed by atoms with E-state index in [2.05, 4.69) is 56.8 Å². The minimum Gasteiger partial charge on any atom is -0.346 e. The van der Waals surface area contributed by atoms with Gasteiger partial charge in [-0.1, -0.05) is 18.2 Å². The predicted octanol–water partition coefficient (Wildman–Crippen LogP) is 2.48. The largest absolute Gasteiger partial charge is 0.346 e. The molecule has 5 nitrogen and oxygen atoms in total. The van der Waals surface area contributed by atoms with Crippen molar-refractivity contribution in [3.63, 3.8) is 0 Å². The molecule has 0 saturated carbocycles. The molecule has 0 atom stereocenters. The molecule has 1 aliphatic rings. The summed E-state index contributed by atoms with van der Waals surface area (Å²) >= 11 is 5.05. The van der Waals surface area contributed by atoms with Gasteiger partial charge in [0.2, 0.25) is 0 Å². The molecule has 3 heterocycles. The topological polar surface area (TPSA) is 56.8 Å². The molecule has 0 aliphatic carbocycles. The van der Waals surface area contributed by atoms with E-state index in [1.165, 1.54) is 16.6 Å². The average Bonchev–Trinajstić information content (AvgIpc) is 2.84. The van der Waals surface area contributed by atoms with Crippen molar-refractivity contribution in [3.05, 3.63) is 62.4 Å². The molecule has 0 spiro atoms. The molecule has 0 saturated heterocycles. The van der Waals surface area contributed by atoms with Crippen LogP contribution in [-0.2, 0) is 26.6 Å². The van der Waals surface area contributed by atoms with E-state index in [0.29, 0.717) is 11.3 Å². The Morgan fingerprint density at radius 2 is 2.09 bits per heavy atom. The molecule has 1 aromatic carbocycles. The van der Waals surface area contributed by atoms with Gasteiger partial charge in [0, 0.05) is 50.0 Å². The predicted molar refractivity (Wildman–Crippen MR) is 93.0 cm³/mol. The third kappa shape index (κ3) is 2.54. The van der Waals surface area contributed by atoms with E-state index in [4.69, 9.17) is 12.2 Å². The zero-order valence-electron chi connectivity index (χ0n) is 12.9. The first-order chi connectivity index (χ1) is 11.1. The van der Waals surface area contributed by atoms with Gasteiger partial charge in [0.1, 0.15) is 0 Å². The molecule has 23 heavy (non-hydrogen) atoms. The number of aromatic nitrogens is 3. The third-order valence-electron chi connectivity index (χ3n) is 4.63. The molecule has 2 aromatic heterocycles. The minimum atomic E-state index is -0.0644. The fraction of sp³-hybridized carbons (Fsp3) is 0.294. The van der Waals surface area contributed by atoms with Gasteiger partial charge in [0.15, 0.2) is 4.77 Å². The molecule has 4 rings (SSSR count). The maximum absolute atomic E-state index is 12.1. The molecule has 0 fully saturated rings. The van der Waals surface area contributed by atoms with Gasteiger partial charge in [-0.25, -0.2) is 0 Å². The van der Waals surface area contributed by atoms with E-state index in [-0.39, 0.29) is 5.56 Å². The number of rotatable bonds is 2. The molecule has 6 heteroatoms. The lowest BCUT2D eigenvalue weighted by Gasteiger charge is -2.27. The van der Waals surface area contributed by atoms with E-state index in [9.17, 15) is 4.79 Å². The molecule has 0 bridgehead atoms. The Balaban J connectivity index is 1.64. The molecule has 0 radical (unpaired) electrons. The summed E-state index contributed by atoms with van der Waals surface area (Å²) in [5.74, 6) is 0. The van der Waals surface area contributed by atoms with E-state index in [1.54, 1.807) is 0 Å². The van der Waals surface area contributed by atoms with Crippen LogP contribution in [0.2, 0.25) is 0 Å². The normalized spacial score (nSPS) is 15.0. The van der Waals surface area contributed by atoms with Crippen molar-refractivity contribution in [1.29, 1.82) is 0 Å². The Morgan fingerprint density at radius 3 is 2.91 bits per heavy atom. The maximum Gasteiger partial charge on any atom is 0.256 e. The molecular weight excluding hydrogens is 308 g/mol. The standard InChI is InChI=1S/C17H18N4OS/c1-20-12(8-11-4-2-3-5-15(11)20)9-21-7-6-14-13(10-21)16(22)19-17(23)18-14/h2-5,8H,6-7,9-10H2,1H3,(H2,18,19,22,23). The van der Waals surface area contributed by atoms with Crippen molar-refractivity contribution < 1.29 is 0 Å². The Hall–Kier alpha value is -2.18. The quantitative estimate of drug-likeness (QED) is 0.711. The zero-order chi connectivity index (χ0) is 16.0. The van der Waals surface area contributed by atoms with Gasteiger partial charge in [-0.2, -0.15) is 0 Å². The molecule has 3 aromatic rings. The summed E-state index contributed by atoms with van der Waals surface area (Å²) in [4.78, 5) is 20.2. The summed E-state index contributed by atoms with van der Waals surface area (Å²) in [6.07, 6.45) is 0.826. The van der Waals surface area contributed by atoms with Crippen LogP contribution < -0.4 is 5.56 Å². The van der Waals surface area contributed by atoms with Crippen LogP contribution in [0, 0.1) is 4.77 Å². The number of nitrogens with zero attached hydrogens (tertiary/aromatic N) is 2. The number of fused-ring (bicyclic) bond motifs is 2. The fourth-order valence-corrected chi connectivity index (χ4v) is 3.59. The van der Waals surface area contributed by atoms with Crippen molar-refractivity contribution in [2.24, 2.45) is 7.05 Å². The van der Waals surface area contributed by atoms with Crippen molar-refractivity contribution >= 4 is 23.1 Å². The van der Waals surface area contributed by atoms with Gasteiger partial charge in [-0.05, 0) is 29.7 Å². The monoisotopic (exact) mass is 326 g/mol. The number of H-pyrrole nitrogens is 2. The Labute approximate surface area is 138 Å². The second-order valence-electron chi connectivity index (χ2n) is 6.08. The van der Waals surface area contributed by atoms with E-state index < -0.39 is 0 Å². The Morgan fingerprint density at radius 1 is 1.26 bits per heavy atom. The molecule has 2 N–H and O–H groups in total. The number of para-hydroxylation sites is 1. The highest BCUT2D eigenvalue weighted by Gasteiger charge is 2.20. The first kappa shape index (κ1) is 14.4. The number of aromatic amines is 2. The molecule has 1 aliphatic heterocycles. The molecule has 0 unspecified atom stereocenters. The van der Waals surface area contributed by atoms with Gasteiger partial charge in [0.05, 0.1) is 5.56 Å². The van der Waals surface area contributed by atoms with Crippen LogP contribution in [0.3, 0.4) is 0 Å². The van der Waals surface area contributed by atoms with Crippen molar-refractivity contribution in [2.75, 3.05) is 6.54 Å². The number of nitrogens with one attached hydrogen (secondary N) is 2. The van der Waals surface area contributed by atoms with Crippen molar-refractivity contribution in [1.82, 2.24) is 19.4 Å². The van der Waals surface area contributed by atoms with Crippen LogP contribution >= 0.6 is 12.2 Å². The van der Waals surface area contributed by atoms with E-state index >= 15 is 0 Å². The highest BCUT2D eigenvalue weighted by molar-refractivity contribution is 7.71. The van der Waals surface area contributed by atoms with Crippen molar-refractivity contribution in [2.45, 2.75) is 19.5 Å². The Kier molecular flexibility index (Phi) is 3.43. The summed E-state index contributed by atoms with van der Waals surface area (Å²) in [6.45, 7) is 2.40. The van der Waals surface area contributed by atoms with Crippen LogP contribution in [0.15, 0.2) is 35.1 Å². The van der Waals surface area contributed by atoms with Crippen LogP contribution in [-0.4, -0.2) is 26.0 Å². The number of benzene rings is 1.